The fourth-order valence-electron chi connectivity index (χ4n) is 3.08. The molecule has 4 nitrogen and oxygen atoms in total. The van der Waals surface area contributed by atoms with Crippen LogP contribution in [0.1, 0.15) is 33.6 Å². The van der Waals surface area contributed by atoms with E-state index in [0.29, 0.717) is 6.42 Å². The van der Waals surface area contributed by atoms with Gasteiger partial charge in [0.2, 0.25) is 0 Å². The number of esters is 1. The molecule has 1 amide bonds. The molecule has 0 aromatic carbocycles. The minimum absolute atomic E-state index is 0.0907. The Bertz CT molecular complexity index is 374. The number of nitrogens with zero attached hydrogens (tertiary/aromatic N) is 1. The van der Waals surface area contributed by atoms with E-state index in [1.165, 1.54) is 4.90 Å². The minimum Gasteiger partial charge on any atom is -0.448 e. The molecule has 1 aliphatic heterocycles. The molecule has 0 aromatic heterocycles. The first-order valence-corrected chi connectivity index (χ1v) is 5.64. The van der Waals surface area contributed by atoms with Crippen LogP contribution in [-0.2, 0) is 14.3 Å². The van der Waals surface area contributed by atoms with Gasteiger partial charge in [-0.25, -0.2) is 0 Å². The zero-order valence-corrected chi connectivity index (χ0v) is 10.6. The molecule has 2 atom stereocenters. The Morgan fingerprint density at radius 3 is 2.12 bits per heavy atom. The van der Waals surface area contributed by atoms with E-state index in [-0.39, 0.29) is 11.9 Å². The van der Waals surface area contributed by atoms with Crippen molar-refractivity contribution in [3.8, 4) is 0 Å². The second-order valence-electron chi connectivity index (χ2n) is 5.87. The van der Waals surface area contributed by atoms with Gasteiger partial charge in [-0.3, -0.25) is 9.59 Å². The molecule has 0 radical (unpaired) electrons. The number of ether oxygens (including phenoxy) is 1. The molecule has 4 heteroatoms. The van der Waals surface area contributed by atoms with Crippen molar-refractivity contribution in [1.82, 2.24) is 4.90 Å². The molecule has 90 valence electrons. The summed E-state index contributed by atoms with van der Waals surface area (Å²) in [4.78, 5) is 25.7. The van der Waals surface area contributed by atoms with Crippen LogP contribution in [0.2, 0.25) is 0 Å². The van der Waals surface area contributed by atoms with Gasteiger partial charge in [-0.1, -0.05) is 13.8 Å². The number of fused-ring (bicyclic) bond motifs is 2. The Kier molecular flexibility index (Phi) is 1.99. The van der Waals surface area contributed by atoms with Crippen LogP contribution in [0, 0.1) is 10.8 Å². The lowest BCUT2D eigenvalue weighted by molar-refractivity contribution is -0.172. The summed E-state index contributed by atoms with van der Waals surface area (Å²) in [7, 11) is 3.41. The van der Waals surface area contributed by atoms with Crippen LogP contribution >= 0.6 is 0 Å². The maximum absolute atomic E-state index is 12.3. The van der Waals surface area contributed by atoms with Crippen LogP contribution in [0.4, 0.5) is 0 Å². The van der Waals surface area contributed by atoms with Gasteiger partial charge < -0.3 is 9.64 Å². The maximum Gasteiger partial charge on any atom is 0.313 e. The lowest BCUT2D eigenvalue weighted by Gasteiger charge is -2.36. The van der Waals surface area contributed by atoms with Gasteiger partial charge in [0.1, 0.15) is 0 Å². The van der Waals surface area contributed by atoms with E-state index in [4.69, 9.17) is 4.74 Å². The van der Waals surface area contributed by atoms with Crippen LogP contribution in [0.5, 0.6) is 0 Å². The minimum atomic E-state index is -0.942. The topological polar surface area (TPSA) is 46.6 Å². The average molecular weight is 225 g/mol. The molecule has 0 unspecified atom stereocenters. The molecule has 2 fully saturated rings. The Balaban J connectivity index is 2.52. The third kappa shape index (κ3) is 0.913. The van der Waals surface area contributed by atoms with Gasteiger partial charge in [0, 0.05) is 19.5 Å². The van der Waals surface area contributed by atoms with Crippen LogP contribution < -0.4 is 0 Å². The van der Waals surface area contributed by atoms with Gasteiger partial charge in [0.15, 0.2) is 5.60 Å². The third-order valence-corrected chi connectivity index (χ3v) is 4.84. The second-order valence-corrected chi connectivity index (χ2v) is 5.87. The van der Waals surface area contributed by atoms with Crippen LogP contribution in [-0.4, -0.2) is 36.5 Å². The van der Waals surface area contributed by atoms with E-state index in [2.05, 4.69) is 0 Å². The van der Waals surface area contributed by atoms with E-state index >= 15 is 0 Å². The zero-order chi connectivity index (χ0) is 12.4. The molecule has 1 saturated heterocycles. The van der Waals surface area contributed by atoms with Gasteiger partial charge in [-0.2, -0.15) is 0 Å². The average Bonchev–Trinajstić information content (AvgIpc) is 2.46. The number of carbonyl (C=O) groups excluding carboxylic acids is 2. The van der Waals surface area contributed by atoms with E-state index < -0.39 is 16.4 Å². The van der Waals surface area contributed by atoms with Gasteiger partial charge in [-0.05, 0) is 19.8 Å². The highest BCUT2D eigenvalue weighted by Crippen LogP contribution is 2.65. The van der Waals surface area contributed by atoms with Crippen LogP contribution in [0.15, 0.2) is 0 Å². The predicted molar refractivity (Wildman–Crippen MR) is 58.6 cm³/mol. The van der Waals surface area contributed by atoms with Gasteiger partial charge in [0.05, 0.1) is 5.41 Å². The summed E-state index contributed by atoms with van der Waals surface area (Å²) in [5.74, 6) is -0.314. The van der Waals surface area contributed by atoms with Crippen molar-refractivity contribution < 1.29 is 14.3 Å². The molecule has 2 aliphatic rings. The summed E-state index contributed by atoms with van der Waals surface area (Å²) in [6.45, 7) is 5.84. The third-order valence-electron chi connectivity index (χ3n) is 4.84. The molecular formula is C12H19NO3. The normalized spacial score (nSPS) is 39.7. The molecule has 1 saturated carbocycles. The Morgan fingerprint density at radius 1 is 1.25 bits per heavy atom. The summed E-state index contributed by atoms with van der Waals surface area (Å²) in [5, 5.41) is 0. The van der Waals surface area contributed by atoms with Gasteiger partial charge in [0.25, 0.3) is 5.91 Å². The first kappa shape index (κ1) is 11.4. The largest absolute Gasteiger partial charge is 0.448 e. The zero-order valence-electron chi connectivity index (χ0n) is 10.6. The van der Waals surface area contributed by atoms with Crippen LogP contribution in [0.25, 0.3) is 0 Å². The molecule has 0 N–H and O–H groups in total. The number of carbonyl (C=O) groups is 2. The Labute approximate surface area is 95.9 Å². The fraction of sp³-hybridized carbons (Fsp3) is 0.833. The fourth-order valence-corrected chi connectivity index (χ4v) is 3.08. The Morgan fingerprint density at radius 2 is 1.81 bits per heavy atom. The first-order valence-electron chi connectivity index (χ1n) is 5.64. The number of amides is 1. The summed E-state index contributed by atoms with van der Waals surface area (Å²) < 4.78 is 5.46. The molecule has 2 rings (SSSR count). The van der Waals surface area contributed by atoms with E-state index in [1.807, 2.05) is 20.8 Å². The highest BCUT2D eigenvalue weighted by Gasteiger charge is 2.75. The molecule has 1 aliphatic carbocycles. The standard InChI is InChI=1S/C12H19NO3/c1-10(2)11(3)6-7-12(10,16-9(11)15)8(14)13(4)5/h6-7H2,1-5H3/t11-,12-/m0/s1. The van der Waals surface area contributed by atoms with E-state index in [0.717, 1.165) is 6.42 Å². The summed E-state index contributed by atoms with van der Waals surface area (Å²) in [6.07, 6.45) is 1.37. The second kappa shape index (κ2) is 2.79. The van der Waals surface area contributed by atoms with Gasteiger partial charge >= 0.3 is 5.97 Å². The lowest BCUT2D eigenvalue weighted by Crippen LogP contribution is -2.52. The summed E-state index contributed by atoms with van der Waals surface area (Å²) in [5.41, 5.74) is -1.89. The number of hydrogen-bond acceptors (Lipinski definition) is 3. The van der Waals surface area contributed by atoms with Crippen molar-refractivity contribution in [2.45, 2.75) is 39.2 Å². The molecule has 1 heterocycles. The van der Waals surface area contributed by atoms with Crippen molar-refractivity contribution in [3.05, 3.63) is 0 Å². The lowest BCUT2D eigenvalue weighted by atomic mass is 9.66. The van der Waals surface area contributed by atoms with Crippen LogP contribution in [0.3, 0.4) is 0 Å². The molecule has 16 heavy (non-hydrogen) atoms. The van der Waals surface area contributed by atoms with Crippen molar-refractivity contribution in [1.29, 1.82) is 0 Å². The predicted octanol–water partition coefficient (Wildman–Crippen LogP) is 1.20. The van der Waals surface area contributed by atoms with Crippen molar-refractivity contribution >= 4 is 11.9 Å². The number of likely N-dealkylation sites (N-methyl/N-ethyl adjacent to an activating group) is 1. The maximum atomic E-state index is 12.3. The quantitative estimate of drug-likeness (QED) is 0.630. The highest BCUT2D eigenvalue weighted by molar-refractivity contribution is 5.96. The van der Waals surface area contributed by atoms with Gasteiger partial charge in [-0.15, -0.1) is 0 Å². The highest BCUT2D eigenvalue weighted by atomic mass is 16.6. The molecular weight excluding hydrogens is 206 g/mol. The Hall–Kier alpha value is -1.06. The monoisotopic (exact) mass is 225 g/mol. The SMILES string of the molecule is CN(C)C(=O)[C@]12CC[C@@](C)(C(=O)O1)C2(C)C. The van der Waals surface area contributed by atoms with Crippen molar-refractivity contribution in [2.24, 2.45) is 10.8 Å². The summed E-state index contributed by atoms with van der Waals surface area (Å²) in [6, 6.07) is 0. The van der Waals surface area contributed by atoms with Crippen molar-refractivity contribution in [2.75, 3.05) is 14.1 Å². The van der Waals surface area contributed by atoms with E-state index in [1.54, 1.807) is 14.1 Å². The first-order chi connectivity index (χ1) is 7.19. The molecule has 2 bridgehead atoms. The number of hydrogen-bond donors (Lipinski definition) is 0. The number of rotatable bonds is 1. The molecule has 0 spiro atoms. The smallest absolute Gasteiger partial charge is 0.313 e. The van der Waals surface area contributed by atoms with Crippen molar-refractivity contribution in [3.63, 3.8) is 0 Å². The summed E-state index contributed by atoms with van der Waals surface area (Å²) >= 11 is 0. The molecule has 0 aromatic rings. The van der Waals surface area contributed by atoms with E-state index in [9.17, 15) is 9.59 Å².